The number of nitrogens with one attached hydrogen (secondary N) is 1. The standard InChI is InChI=1S/C10H12FNO/c1-2-3-8-6-9(12-7-13)4-5-10(8)11/h4-7H,2-3H2,1H3,(H,12,13). The van der Waals surface area contributed by atoms with Crippen LogP contribution in [0.3, 0.4) is 0 Å². The molecule has 0 aliphatic rings. The molecule has 0 heterocycles. The van der Waals surface area contributed by atoms with Gasteiger partial charge in [0.05, 0.1) is 0 Å². The predicted octanol–water partition coefficient (Wildman–Crippen LogP) is 2.35. The van der Waals surface area contributed by atoms with Crippen LogP contribution < -0.4 is 5.32 Å². The maximum Gasteiger partial charge on any atom is 0.211 e. The van der Waals surface area contributed by atoms with E-state index in [0.717, 1.165) is 6.42 Å². The SMILES string of the molecule is CCCc1cc(NC=O)ccc1F. The van der Waals surface area contributed by atoms with Crippen LogP contribution in [0.4, 0.5) is 10.1 Å². The Labute approximate surface area is 76.8 Å². The molecule has 13 heavy (non-hydrogen) atoms. The summed E-state index contributed by atoms with van der Waals surface area (Å²) in [6, 6.07) is 4.58. The minimum atomic E-state index is -0.210. The Morgan fingerprint density at radius 2 is 2.31 bits per heavy atom. The largest absolute Gasteiger partial charge is 0.329 e. The summed E-state index contributed by atoms with van der Waals surface area (Å²) in [5.74, 6) is -0.210. The van der Waals surface area contributed by atoms with Crippen molar-refractivity contribution in [3.63, 3.8) is 0 Å². The maximum absolute atomic E-state index is 13.1. The molecule has 0 saturated carbocycles. The number of carbonyl (C=O) groups excluding carboxylic acids is 1. The summed E-state index contributed by atoms with van der Waals surface area (Å²) < 4.78 is 13.1. The molecule has 0 unspecified atom stereocenters. The van der Waals surface area contributed by atoms with Gasteiger partial charge in [0.1, 0.15) is 5.82 Å². The van der Waals surface area contributed by atoms with Gasteiger partial charge in [0.25, 0.3) is 0 Å². The van der Waals surface area contributed by atoms with Crippen LogP contribution in [-0.2, 0) is 11.2 Å². The van der Waals surface area contributed by atoms with Gasteiger partial charge in [0.2, 0.25) is 6.41 Å². The summed E-state index contributed by atoms with van der Waals surface area (Å²) in [5.41, 5.74) is 1.29. The average Bonchev–Trinajstić information content (AvgIpc) is 2.12. The molecule has 2 nitrogen and oxygen atoms in total. The summed E-state index contributed by atoms with van der Waals surface area (Å²) in [7, 11) is 0. The number of carbonyl (C=O) groups is 1. The van der Waals surface area contributed by atoms with Crippen molar-refractivity contribution < 1.29 is 9.18 Å². The minimum Gasteiger partial charge on any atom is -0.329 e. The van der Waals surface area contributed by atoms with Gasteiger partial charge in [0.15, 0.2) is 0 Å². The second kappa shape index (κ2) is 4.60. The molecule has 70 valence electrons. The van der Waals surface area contributed by atoms with Gasteiger partial charge in [-0.1, -0.05) is 13.3 Å². The number of amides is 1. The van der Waals surface area contributed by atoms with Crippen molar-refractivity contribution in [1.29, 1.82) is 0 Å². The Kier molecular flexibility index (Phi) is 3.43. The Morgan fingerprint density at radius 3 is 2.92 bits per heavy atom. The third-order valence-electron chi connectivity index (χ3n) is 1.79. The van der Waals surface area contributed by atoms with E-state index in [1.807, 2.05) is 6.92 Å². The van der Waals surface area contributed by atoms with Crippen molar-refractivity contribution in [2.24, 2.45) is 0 Å². The smallest absolute Gasteiger partial charge is 0.211 e. The van der Waals surface area contributed by atoms with Crippen LogP contribution >= 0.6 is 0 Å². The number of hydrogen-bond acceptors (Lipinski definition) is 1. The Bertz CT molecular complexity index is 299. The lowest BCUT2D eigenvalue weighted by atomic mass is 10.1. The molecule has 0 atom stereocenters. The summed E-state index contributed by atoms with van der Waals surface area (Å²) in [6.45, 7) is 1.99. The fourth-order valence-corrected chi connectivity index (χ4v) is 1.19. The predicted molar refractivity (Wildman–Crippen MR) is 50.1 cm³/mol. The minimum absolute atomic E-state index is 0.210. The van der Waals surface area contributed by atoms with Crippen molar-refractivity contribution in [3.8, 4) is 0 Å². The van der Waals surface area contributed by atoms with E-state index < -0.39 is 0 Å². The lowest BCUT2D eigenvalue weighted by molar-refractivity contribution is -0.105. The summed E-state index contributed by atoms with van der Waals surface area (Å²) in [4.78, 5) is 10.1. The van der Waals surface area contributed by atoms with Crippen LogP contribution in [0.15, 0.2) is 18.2 Å². The number of aryl methyl sites for hydroxylation is 1. The highest BCUT2D eigenvalue weighted by Crippen LogP contribution is 2.15. The van der Waals surface area contributed by atoms with E-state index in [0.29, 0.717) is 24.1 Å². The molecule has 0 fully saturated rings. The third-order valence-corrected chi connectivity index (χ3v) is 1.79. The van der Waals surface area contributed by atoms with E-state index in [4.69, 9.17) is 0 Å². The Morgan fingerprint density at radius 1 is 1.54 bits per heavy atom. The first-order chi connectivity index (χ1) is 6.27. The lowest BCUT2D eigenvalue weighted by Crippen LogP contribution is -1.96. The van der Waals surface area contributed by atoms with Crippen LogP contribution in [0.5, 0.6) is 0 Å². The number of hydrogen-bond donors (Lipinski definition) is 1. The van der Waals surface area contributed by atoms with E-state index >= 15 is 0 Å². The first kappa shape index (κ1) is 9.71. The van der Waals surface area contributed by atoms with Gasteiger partial charge < -0.3 is 5.32 Å². The second-order valence-corrected chi connectivity index (χ2v) is 2.82. The van der Waals surface area contributed by atoms with Crippen LogP contribution in [0.25, 0.3) is 0 Å². The normalized spacial score (nSPS) is 9.69. The number of halogens is 1. The van der Waals surface area contributed by atoms with Gasteiger partial charge in [-0.3, -0.25) is 4.79 Å². The average molecular weight is 181 g/mol. The molecule has 0 radical (unpaired) electrons. The highest BCUT2D eigenvalue weighted by atomic mass is 19.1. The van der Waals surface area contributed by atoms with Gasteiger partial charge in [-0.25, -0.2) is 4.39 Å². The van der Waals surface area contributed by atoms with Gasteiger partial charge in [-0.15, -0.1) is 0 Å². The van der Waals surface area contributed by atoms with E-state index in [1.54, 1.807) is 12.1 Å². The van der Waals surface area contributed by atoms with E-state index in [9.17, 15) is 9.18 Å². The summed E-state index contributed by atoms with van der Waals surface area (Å²) in [5, 5.41) is 2.49. The molecule has 1 aromatic rings. The third kappa shape index (κ3) is 2.54. The van der Waals surface area contributed by atoms with E-state index in [1.165, 1.54) is 6.07 Å². The zero-order valence-electron chi connectivity index (χ0n) is 7.51. The van der Waals surface area contributed by atoms with Gasteiger partial charge >= 0.3 is 0 Å². The van der Waals surface area contributed by atoms with Crippen molar-refractivity contribution in [2.45, 2.75) is 19.8 Å². The van der Waals surface area contributed by atoms with Gasteiger partial charge in [-0.05, 0) is 30.2 Å². The quantitative estimate of drug-likeness (QED) is 0.710. The fourth-order valence-electron chi connectivity index (χ4n) is 1.19. The molecule has 0 bridgehead atoms. The van der Waals surface area contributed by atoms with Crippen LogP contribution in [0.1, 0.15) is 18.9 Å². The monoisotopic (exact) mass is 181 g/mol. The molecule has 1 amide bonds. The molecule has 0 spiro atoms. The second-order valence-electron chi connectivity index (χ2n) is 2.82. The lowest BCUT2D eigenvalue weighted by Gasteiger charge is -2.04. The van der Waals surface area contributed by atoms with Gasteiger partial charge in [-0.2, -0.15) is 0 Å². The Hall–Kier alpha value is -1.38. The highest BCUT2D eigenvalue weighted by molar-refractivity contribution is 5.71. The molecule has 0 saturated heterocycles. The van der Waals surface area contributed by atoms with Crippen LogP contribution in [0, 0.1) is 5.82 Å². The Balaban J connectivity index is 2.89. The summed E-state index contributed by atoms with van der Waals surface area (Å²) in [6.07, 6.45) is 2.17. The topological polar surface area (TPSA) is 29.1 Å². The molecule has 0 aliphatic carbocycles. The summed E-state index contributed by atoms with van der Waals surface area (Å²) >= 11 is 0. The van der Waals surface area contributed by atoms with E-state index in [-0.39, 0.29) is 5.82 Å². The molecular formula is C10H12FNO. The number of anilines is 1. The zero-order chi connectivity index (χ0) is 9.68. The molecule has 3 heteroatoms. The van der Waals surface area contributed by atoms with Crippen molar-refractivity contribution in [3.05, 3.63) is 29.6 Å². The number of benzene rings is 1. The zero-order valence-corrected chi connectivity index (χ0v) is 7.51. The fraction of sp³-hybridized carbons (Fsp3) is 0.300. The molecule has 0 aromatic heterocycles. The van der Waals surface area contributed by atoms with Crippen LogP contribution in [-0.4, -0.2) is 6.41 Å². The molecule has 0 aliphatic heterocycles. The first-order valence-electron chi connectivity index (χ1n) is 4.26. The van der Waals surface area contributed by atoms with E-state index in [2.05, 4.69) is 5.32 Å². The van der Waals surface area contributed by atoms with Crippen molar-refractivity contribution in [2.75, 3.05) is 5.32 Å². The van der Waals surface area contributed by atoms with Gasteiger partial charge in [0, 0.05) is 5.69 Å². The molecule has 1 rings (SSSR count). The van der Waals surface area contributed by atoms with Crippen LogP contribution in [0.2, 0.25) is 0 Å². The molecular weight excluding hydrogens is 169 g/mol. The van der Waals surface area contributed by atoms with Crippen molar-refractivity contribution >= 4 is 12.1 Å². The highest BCUT2D eigenvalue weighted by Gasteiger charge is 2.01. The molecule has 1 aromatic carbocycles. The molecule has 1 N–H and O–H groups in total. The maximum atomic E-state index is 13.1. The van der Waals surface area contributed by atoms with Crippen molar-refractivity contribution in [1.82, 2.24) is 0 Å². The number of rotatable bonds is 4. The first-order valence-corrected chi connectivity index (χ1v) is 4.26.